The van der Waals surface area contributed by atoms with Crippen LogP contribution in [-0.4, -0.2) is 13.1 Å². The van der Waals surface area contributed by atoms with Crippen LogP contribution in [0.4, 0.5) is 0 Å². The molecule has 3 heteroatoms. The van der Waals surface area contributed by atoms with E-state index in [1.165, 1.54) is 24.1 Å². The van der Waals surface area contributed by atoms with E-state index in [4.69, 9.17) is 11.6 Å². The molecule has 1 N–H and O–H groups in total. The van der Waals surface area contributed by atoms with Crippen molar-refractivity contribution in [1.82, 2.24) is 5.32 Å². The minimum atomic E-state index is 0.602. The van der Waals surface area contributed by atoms with Gasteiger partial charge in [0.2, 0.25) is 0 Å². The largest absolute Gasteiger partial charge is 0.317 e. The number of rotatable bonds is 6. The molecule has 80 valence electrons. The van der Waals surface area contributed by atoms with Gasteiger partial charge in [-0.2, -0.15) is 0 Å². The Kier molecular flexibility index (Phi) is 5.53. The number of halogens is 1. The van der Waals surface area contributed by atoms with Gasteiger partial charge >= 0.3 is 0 Å². The van der Waals surface area contributed by atoms with Gasteiger partial charge in [-0.3, -0.25) is 0 Å². The third kappa shape index (κ3) is 3.99. The molecule has 0 bridgehead atoms. The number of hydrogen-bond acceptors (Lipinski definition) is 2. The van der Waals surface area contributed by atoms with E-state index in [0.717, 1.165) is 10.8 Å². The summed E-state index contributed by atoms with van der Waals surface area (Å²) >= 11 is 7.58. The molecule has 1 unspecified atom stereocenters. The van der Waals surface area contributed by atoms with Gasteiger partial charge in [0, 0.05) is 10.9 Å². The molecule has 0 spiro atoms. The van der Waals surface area contributed by atoms with Crippen molar-refractivity contribution >= 4 is 22.9 Å². The molecule has 0 aliphatic carbocycles. The van der Waals surface area contributed by atoms with Crippen molar-refractivity contribution in [1.29, 1.82) is 0 Å². The van der Waals surface area contributed by atoms with Gasteiger partial charge < -0.3 is 5.32 Å². The van der Waals surface area contributed by atoms with Crippen molar-refractivity contribution in [3.8, 4) is 0 Å². The quantitative estimate of drug-likeness (QED) is 0.787. The number of nitrogens with one attached hydrogen (secondary N) is 1. The van der Waals surface area contributed by atoms with Gasteiger partial charge in [-0.05, 0) is 32.0 Å². The summed E-state index contributed by atoms with van der Waals surface area (Å²) < 4.78 is 0.894. The highest BCUT2D eigenvalue weighted by molar-refractivity contribution is 7.16. The van der Waals surface area contributed by atoms with E-state index < -0.39 is 0 Å². The summed E-state index contributed by atoms with van der Waals surface area (Å²) in [6, 6.07) is 4.71. The van der Waals surface area contributed by atoms with Crippen LogP contribution in [0.3, 0.4) is 0 Å². The minimum Gasteiger partial charge on any atom is -0.317 e. The van der Waals surface area contributed by atoms with E-state index in [1.54, 1.807) is 11.3 Å². The first-order chi connectivity index (χ1) is 6.76. The van der Waals surface area contributed by atoms with E-state index in [-0.39, 0.29) is 0 Å². The molecule has 0 aliphatic rings. The predicted octanol–water partition coefficient (Wildman–Crippen LogP) is 3.72. The zero-order valence-corrected chi connectivity index (χ0v) is 10.4. The van der Waals surface area contributed by atoms with E-state index in [1.807, 2.05) is 13.1 Å². The van der Waals surface area contributed by atoms with Crippen molar-refractivity contribution < 1.29 is 0 Å². The first-order valence-corrected chi connectivity index (χ1v) is 6.37. The highest BCUT2D eigenvalue weighted by Gasteiger charge is 2.07. The summed E-state index contributed by atoms with van der Waals surface area (Å²) in [4.78, 5) is 1.38. The Bertz CT molecular complexity index is 260. The molecule has 1 aromatic heterocycles. The minimum absolute atomic E-state index is 0.602. The van der Waals surface area contributed by atoms with E-state index in [0.29, 0.717) is 6.04 Å². The average molecular weight is 232 g/mol. The molecular formula is C11H18ClNS. The number of likely N-dealkylation sites (N-methyl/N-ethyl adjacent to an activating group) is 1. The van der Waals surface area contributed by atoms with Crippen LogP contribution in [0, 0.1) is 0 Å². The fraction of sp³-hybridized carbons (Fsp3) is 0.636. The molecule has 1 nitrogen and oxygen atoms in total. The highest BCUT2D eigenvalue weighted by Crippen LogP contribution is 2.23. The van der Waals surface area contributed by atoms with Gasteiger partial charge in [-0.15, -0.1) is 11.3 Å². The van der Waals surface area contributed by atoms with Crippen LogP contribution in [0.1, 0.15) is 31.1 Å². The maximum atomic E-state index is 5.89. The monoisotopic (exact) mass is 231 g/mol. The van der Waals surface area contributed by atoms with Crippen LogP contribution in [0.5, 0.6) is 0 Å². The van der Waals surface area contributed by atoms with Crippen molar-refractivity contribution in [3.05, 3.63) is 21.3 Å². The van der Waals surface area contributed by atoms with Crippen molar-refractivity contribution in [2.45, 2.75) is 38.6 Å². The smallest absolute Gasteiger partial charge is 0.0931 e. The third-order valence-electron chi connectivity index (χ3n) is 2.39. The van der Waals surface area contributed by atoms with Crippen LogP contribution in [0.15, 0.2) is 12.1 Å². The molecule has 0 saturated heterocycles. The molecule has 0 fully saturated rings. The van der Waals surface area contributed by atoms with E-state index >= 15 is 0 Å². The van der Waals surface area contributed by atoms with Crippen LogP contribution < -0.4 is 5.32 Å². The first-order valence-electron chi connectivity index (χ1n) is 5.17. The highest BCUT2D eigenvalue weighted by atomic mass is 35.5. The molecule has 0 amide bonds. The molecule has 0 saturated carbocycles. The Morgan fingerprint density at radius 1 is 1.50 bits per heavy atom. The predicted molar refractivity (Wildman–Crippen MR) is 65.4 cm³/mol. The van der Waals surface area contributed by atoms with Gasteiger partial charge in [-0.1, -0.05) is 31.4 Å². The van der Waals surface area contributed by atoms with Crippen LogP contribution >= 0.6 is 22.9 Å². The third-order valence-corrected chi connectivity index (χ3v) is 3.64. The van der Waals surface area contributed by atoms with Gasteiger partial charge in [0.15, 0.2) is 0 Å². The van der Waals surface area contributed by atoms with Crippen molar-refractivity contribution in [3.63, 3.8) is 0 Å². The van der Waals surface area contributed by atoms with Crippen LogP contribution in [0.2, 0.25) is 4.34 Å². The lowest BCUT2D eigenvalue weighted by atomic mass is 10.1. The summed E-state index contributed by atoms with van der Waals surface area (Å²) in [5, 5.41) is 3.36. The maximum absolute atomic E-state index is 5.89. The average Bonchev–Trinajstić information content (AvgIpc) is 2.58. The molecule has 1 atom stereocenters. The summed E-state index contributed by atoms with van der Waals surface area (Å²) in [6.07, 6.45) is 4.92. The van der Waals surface area contributed by atoms with Gasteiger partial charge in [0.1, 0.15) is 0 Å². The molecule has 0 aromatic carbocycles. The summed E-state index contributed by atoms with van der Waals surface area (Å²) in [7, 11) is 2.04. The Morgan fingerprint density at radius 3 is 2.79 bits per heavy atom. The second-order valence-corrected chi connectivity index (χ2v) is 5.34. The summed E-state index contributed by atoms with van der Waals surface area (Å²) in [5.41, 5.74) is 0. The summed E-state index contributed by atoms with van der Waals surface area (Å²) in [5.74, 6) is 0. The Balaban J connectivity index is 2.40. The molecule has 0 radical (unpaired) electrons. The van der Waals surface area contributed by atoms with Gasteiger partial charge in [-0.25, -0.2) is 0 Å². The lowest BCUT2D eigenvalue weighted by molar-refractivity contribution is 0.501. The molecule has 0 aliphatic heterocycles. The standard InChI is InChI=1S/C11H18ClNS/c1-3-4-5-9(13-2)8-10-6-7-11(12)14-10/h6-7,9,13H,3-5,8H2,1-2H3. The Labute approximate surface area is 95.5 Å². The van der Waals surface area contributed by atoms with E-state index in [2.05, 4.69) is 18.3 Å². The number of thiophene rings is 1. The molecule has 1 heterocycles. The molecule has 14 heavy (non-hydrogen) atoms. The maximum Gasteiger partial charge on any atom is 0.0931 e. The Hall–Kier alpha value is -0.0500. The van der Waals surface area contributed by atoms with Crippen molar-refractivity contribution in [2.24, 2.45) is 0 Å². The zero-order chi connectivity index (χ0) is 10.4. The number of unbranched alkanes of at least 4 members (excludes halogenated alkanes) is 1. The van der Waals surface area contributed by atoms with Crippen molar-refractivity contribution in [2.75, 3.05) is 7.05 Å². The van der Waals surface area contributed by atoms with Crippen LogP contribution in [-0.2, 0) is 6.42 Å². The zero-order valence-electron chi connectivity index (χ0n) is 8.85. The lowest BCUT2D eigenvalue weighted by Gasteiger charge is -2.14. The Morgan fingerprint density at radius 2 is 2.29 bits per heavy atom. The molecule has 1 aromatic rings. The topological polar surface area (TPSA) is 12.0 Å². The molecule has 1 rings (SSSR count). The second-order valence-electron chi connectivity index (χ2n) is 3.54. The lowest BCUT2D eigenvalue weighted by Crippen LogP contribution is -2.26. The first kappa shape index (κ1) is 12.0. The normalized spacial score (nSPS) is 13.1. The van der Waals surface area contributed by atoms with Crippen LogP contribution in [0.25, 0.3) is 0 Å². The second kappa shape index (κ2) is 6.44. The van der Waals surface area contributed by atoms with Gasteiger partial charge in [0.25, 0.3) is 0 Å². The SMILES string of the molecule is CCCCC(Cc1ccc(Cl)s1)NC. The summed E-state index contributed by atoms with van der Waals surface area (Å²) in [6.45, 7) is 2.23. The molecular weight excluding hydrogens is 214 g/mol. The fourth-order valence-electron chi connectivity index (χ4n) is 1.50. The van der Waals surface area contributed by atoms with E-state index in [9.17, 15) is 0 Å². The number of hydrogen-bond donors (Lipinski definition) is 1. The van der Waals surface area contributed by atoms with Gasteiger partial charge in [0.05, 0.1) is 4.34 Å². The fourth-order valence-corrected chi connectivity index (χ4v) is 2.67.